The molecule has 9 heteroatoms. The van der Waals surface area contributed by atoms with Crippen molar-refractivity contribution in [2.45, 2.75) is 25.5 Å². The van der Waals surface area contributed by atoms with Crippen molar-refractivity contribution in [3.8, 4) is 23.1 Å². The first-order chi connectivity index (χ1) is 16.5. The lowest BCUT2D eigenvalue weighted by atomic mass is 10.2. The van der Waals surface area contributed by atoms with E-state index in [2.05, 4.69) is 33.1 Å². The molecule has 0 unspecified atom stereocenters. The Labute approximate surface area is 202 Å². The number of hydrogen-bond donors (Lipinski definition) is 1. The summed E-state index contributed by atoms with van der Waals surface area (Å²) < 4.78 is 3.81. The summed E-state index contributed by atoms with van der Waals surface area (Å²) >= 11 is 1.28. The third-order valence-electron chi connectivity index (χ3n) is 5.40. The monoisotopic (exact) mass is 469 g/mol. The maximum atomic E-state index is 13.0. The number of nitrogens with one attached hydrogen (secondary N) is 1. The first kappa shape index (κ1) is 23.0. The predicted molar refractivity (Wildman–Crippen MR) is 133 cm³/mol. The van der Waals surface area contributed by atoms with Crippen LogP contribution < -0.4 is 5.32 Å². The van der Waals surface area contributed by atoms with Crippen LogP contribution in [-0.2, 0) is 11.3 Å². The molecule has 0 fully saturated rings. The summed E-state index contributed by atoms with van der Waals surface area (Å²) in [4.78, 5) is 17.0. The zero-order valence-electron chi connectivity index (χ0n) is 18.9. The number of allylic oxidation sites excluding steroid dienone is 1. The molecule has 0 aliphatic carbocycles. The van der Waals surface area contributed by atoms with Gasteiger partial charge >= 0.3 is 0 Å². The van der Waals surface area contributed by atoms with Gasteiger partial charge in [-0.05, 0) is 43.7 Å². The largest absolute Gasteiger partial charge is 0.310 e. The quantitative estimate of drug-likeness (QED) is 0.300. The highest BCUT2D eigenvalue weighted by molar-refractivity contribution is 7.99. The molecule has 3 heterocycles. The zero-order valence-corrected chi connectivity index (χ0v) is 19.7. The van der Waals surface area contributed by atoms with Gasteiger partial charge in [-0.1, -0.05) is 36.0 Å². The lowest BCUT2D eigenvalue weighted by molar-refractivity contribution is -0.113. The van der Waals surface area contributed by atoms with Gasteiger partial charge in [0.2, 0.25) is 5.91 Å². The summed E-state index contributed by atoms with van der Waals surface area (Å²) in [6.07, 6.45) is 5.15. The van der Waals surface area contributed by atoms with E-state index in [9.17, 15) is 10.1 Å². The first-order valence-electron chi connectivity index (χ1n) is 10.6. The van der Waals surface area contributed by atoms with E-state index in [1.165, 1.54) is 11.8 Å². The molecule has 34 heavy (non-hydrogen) atoms. The molecule has 1 amide bonds. The molecule has 0 saturated heterocycles. The van der Waals surface area contributed by atoms with E-state index < -0.39 is 0 Å². The third-order valence-corrected chi connectivity index (χ3v) is 6.36. The highest BCUT2D eigenvalue weighted by Crippen LogP contribution is 2.30. The summed E-state index contributed by atoms with van der Waals surface area (Å²) in [5.74, 6) is 1.02. The lowest BCUT2D eigenvalue weighted by Crippen LogP contribution is -2.18. The summed E-state index contributed by atoms with van der Waals surface area (Å²) in [5, 5.41) is 21.9. The number of nitrogens with zero attached hydrogens (tertiary/aromatic N) is 6. The summed E-state index contributed by atoms with van der Waals surface area (Å²) in [6, 6.07) is 15.6. The third kappa shape index (κ3) is 4.49. The molecule has 4 aromatic rings. The lowest BCUT2D eigenvalue weighted by Gasteiger charge is -2.13. The van der Waals surface area contributed by atoms with Gasteiger partial charge in [0.15, 0.2) is 11.0 Å². The van der Waals surface area contributed by atoms with E-state index in [0.29, 0.717) is 28.9 Å². The fraction of sp³-hybridized carbons (Fsp3) is 0.160. The fourth-order valence-electron chi connectivity index (χ4n) is 3.66. The molecule has 0 atom stereocenters. The van der Waals surface area contributed by atoms with Gasteiger partial charge in [0.05, 0.1) is 11.3 Å². The Morgan fingerprint density at radius 1 is 1.18 bits per heavy atom. The van der Waals surface area contributed by atoms with Crippen molar-refractivity contribution in [3.63, 3.8) is 0 Å². The first-order valence-corrected chi connectivity index (χ1v) is 11.6. The van der Waals surface area contributed by atoms with Crippen LogP contribution >= 0.6 is 11.8 Å². The van der Waals surface area contributed by atoms with Crippen LogP contribution in [0.5, 0.6) is 0 Å². The Hall–Kier alpha value is -4.16. The number of rotatable bonds is 8. The second kappa shape index (κ2) is 10.2. The maximum Gasteiger partial charge on any atom is 0.236 e. The molecule has 0 spiro atoms. The van der Waals surface area contributed by atoms with Crippen LogP contribution in [0.25, 0.3) is 17.1 Å². The van der Waals surface area contributed by atoms with E-state index in [1.807, 2.05) is 65.4 Å². The molecule has 0 radical (unpaired) electrons. The molecular formula is C25H23N7OS. The van der Waals surface area contributed by atoms with E-state index in [0.717, 1.165) is 22.5 Å². The number of hydrogen-bond acceptors (Lipinski definition) is 6. The minimum atomic E-state index is -0.241. The second-order valence-electron chi connectivity index (χ2n) is 7.49. The zero-order chi connectivity index (χ0) is 24.1. The standard InChI is InChI=1S/C25H23N7OS/c1-4-14-31-23(19-10-12-27-13-11-19)29-30-25(31)34-16-22(33)28-24-21(15-26)17(2)18(3)32(24)20-8-6-5-7-9-20/h4-13H,1,14,16H2,2-3H3,(H,28,33). The Kier molecular flexibility index (Phi) is 6.90. The minimum Gasteiger partial charge on any atom is -0.310 e. The average Bonchev–Trinajstić information content (AvgIpc) is 3.36. The van der Waals surface area contributed by atoms with Crippen molar-refractivity contribution in [2.24, 2.45) is 0 Å². The molecule has 0 saturated carbocycles. The van der Waals surface area contributed by atoms with E-state index in [1.54, 1.807) is 18.5 Å². The Morgan fingerprint density at radius 3 is 2.59 bits per heavy atom. The Bertz CT molecular complexity index is 1370. The minimum absolute atomic E-state index is 0.106. The number of pyridine rings is 1. The van der Waals surface area contributed by atoms with Crippen molar-refractivity contribution in [1.82, 2.24) is 24.3 Å². The van der Waals surface area contributed by atoms with Crippen molar-refractivity contribution in [1.29, 1.82) is 5.26 Å². The number of anilines is 1. The number of amides is 1. The van der Waals surface area contributed by atoms with Gasteiger partial charge in [0, 0.05) is 35.9 Å². The Morgan fingerprint density at radius 2 is 1.91 bits per heavy atom. The van der Waals surface area contributed by atoms with Crippen LogP contribution in [0.1, 0.15) is 16.8 Å². The predicted octanol–water partition coefficient (Wildman–Crippen LogP) is 4.54. The van der Waals surface area contributed by atoms with Crippen LogP contribution in [0.4, 0.5) is 5.82 Å². The van der Waals surface area contributed by atoms with Crippen LogP contribution in [0.15, 0.2) is 72.7 Å². The van der Waals surface area contributed by atoms with Crippen LogP contribution in [0.3, 0.4) is 0 Å². The van der Waals surface area contributed by atoms with Gasteiger partial charge in [-0.25, -0.2) is 0 Å². The van der Waals surface area contributed by atoms with E-state index in [4.69, 9.17) is 0 Å². The molecule has 4 rings (SSSR count). The van der Waals surface area contributed by atoms with E-state index in [-0.39, 0.29) is 11.7 Å². The van der Waals surface area contributed by atoms with Crippen molar-refractivity contribution >= 4 is 23.5 Å². The molecule has 8 nitrogen and oxygen atoms in total. The molecule has 3 aromatic heterocycles. The van der Waals surface area contributed by atoms with Crippen molar-refractivity contribution in [2.75, 3.05) is 11.1 Å². The number of para-hydroxylation sites is 1. The van der Waals surface area contributed by atoms with Gasteiger partial charge in [-0.15, -0.1) is 16.8 Å². The number of carbonyl (C=O) groups excluding carboxylic acids is 1. The number of nitriles is 1. The SMILES string of the molecule is C=CCn1c(SCC(=O)Nc2c(C#N)c(C)c(C)n2-c2ccccc2)nnc1-c1ccncc1. The normalized spacial score (nSPS) is 10.6. The van der Waals surface area contributed by atoms with Gasteiger partial charge in [0.25, 0.3) is 0 Å². The summed E-state index contributed by atoms with van der Waals surface area (Å²) in [7, 11) is 0. The highest BCUT2D eigenvalue weighted by atomic mass is 32.2. The summed E-state index contributed by atoms with van der Waals surface area (Å²) in [5.41, 5.74) is 3.95. The number of benzene rings is 1. The van der Waals surface area contributed by atoms with Crippen LogP contribution in [0, 0.1) is 25.2 Å². The molecule has 0 aliphatic heterocycles. The fourth-order valence-corrected chi connectivity index (χ4v) is 4.41. The molecule has 0 bridgehead atoms. The molecule has 1 aromatic carbocycles. The van der Waals surface area contributed by atoms with E-state index >= 15 is 0 Å². The Balaban J connectivity index is 1.57. The average molecular weight is 470 g/mol. The molecular weight excluding hydrogens is 446 g/mol. The molecule has 1 N–H and O–H groups in total. The topological polar surface area (TPSA) is 101 Å². The van der Waals surface area contributed by atoms with Gasteiger partial charge in [-0.3, -0.25) is 18.9 Å². The molecule has 0 aliphatic rings. The van der Waals surface area contributed by atoms with Crippen molar-refractivity contribution in [3.05, 3.63) is 84.3 Å². The second-order valence-corrected chi connectivity index (χ2v) is 8.44. The highest BCUT2D eigenvalue weighted by Gasteiger charge is 2.21. The molecule has 170 valence electrons. The van der Waals surface area contributed by atoms with Gasteiger partial charge < -0.3 is 5.32 Å². The smallest absolute Gasteiger partial charge is 0.236 e. The van der Waals surface area contributed by atoms with Gasteiger partial charge in [0.1, 0.15) is 11.9 Å². The maximum absolute atomic E-state index is 13.0. The number of carbonyl (C=O) groups is 1. The van der Waals surface area contributed by atoms with Crippen LogP contribution in [0.2, 0.25) is 0 Å². The van der Waals surface area contributed by atoms with Gasteiger partial charge in [-0.2, -0.15) is 5.26 Å². The summed E-state index contributed by atoms with van der Waals surface area (Å²) in [6.45, 7) is 8.14. The van der Waals surface area contributed by atoms with Crippen LogP contribution in [-0.4, -0.2) is 36.0 Å². The number of thioether (sulfide) groups is 1. The number of aromatic nitrogens is 5. The van der Waals surface area contributed by atoms with Crippen molar-refractivity contribution < 1.29 is 4.79 Å².